The van der Waals surface area contributed by atoms with Gasteiger partial charge in [0.05, 0.1) is 17.2 Å². The third-order valence-electron chi connectivity index (χ3n) is 2.79. The molecule has 1 nitrogen and oxygen atoms in total. The van der Waals surface area contributed by atoms with E-state index >= 15 is 0 Å². The molecule has 114 valence electrons. The molecule has 0 saturated heterocycles. The van der Waals surface area contributed by atoms with E-state index in [0.717, 1.165) is 6.07 Å². The molecule has 0 saturated carbocycles. The van der Waals surface area contributed by atoms with Crippen LogP contribution in [0.5, 0.6) is 0 Å². The third kappa shape index (κ3) is 3.65. The fraction of sp³-hybridized carbons (Fsp3) is 0.538. The molecule has 20 heavy (non-hydrogen) atoms. The van der Waals surface area contributed by atoms with Gasteiger partial charge in [-0.1, -0.05) is 26.8 Å². The molecule has 1 rings (SSSR count). The summed E-state index contributed by atoms with van der Waals surface area (Å²) in [6.45, 7) is 4.72. The highest BCUT2D eigenvalue weighted by Crippen LogP contribution is 2.42. The molecule has 1 N–H and O–H groups in total. The van der Waals surface area contributed by atoms with Crippen LogP contribution in [-0.2, 0) is 12.4 Å². The summed E-state index contributed by atoms with van der Waals surface area (Å²) >= 11 is 0. The summed E-state index contributed by atoms with van der Waals surface area (Å²) < 4.78 is 76.0. The van der Waals surface area contributed by atoms with Gasteiger partial charge in [0.25, 0.3) is 0 Å². The molecular weight excluding hydrogens is 286 g/mol. The number of alkyl halides is 6. The lowest BCUT2D eigenvalue weighted by atomic mass is 9.84. The summed E-state index contributed by atoms with van der Waals surface area (Å²) in [4.78, 5) is 0. The Balaban J connectivity index is 3.44. The molecule has 1 aromatic carbocycles. The number of aliphatic hydroxyl groups excluding tert-OH is 1. The predicted molar refractivity (Wildman–Crippen MR) is 60.9 cm³/mol. The molecule has 1 aromatic rings. The first-order chi connectivity index (χ1) is 8.74. The monoisotopic (exact) mass is 300 g/mol. The van der Waals surface area contributed by atoms with Gasteiger partial charge in [-0.2, -0.15) is 26.3 Å². The van der Waals surface area contributed by atoms with E-state index in [9.17, 15) is 31.4 Å². The second kappa shape index (κ2) is 4.95. The van der Waals surface area contributed by atoms with Gasteiger partial charge in [0.2, 0.25) is 0 Å². The van der Waals surface area contributed by atoms with Gasteiger partial charge in [-0.3, -0.25) is 0 Å². The summed E-state index contributed by atoms with van der Waals surface area (Å²) in [6, 6.07) is 1.58. The molecule has 0 spiro atoms. The summed E-state index contributed by atoms with van der Waals surface area (Å²) in [5.41, 5.74) is -4.53. The van der Waals surface area contributed by atoms with E-state index in [1.54, 1.807) is 20.8 Å². The van der Waals surface area contributed by atoms with Gasteiger partial charge in [0, 0.05) is 0 Å². The molecule has 0 aliphatic carbocycles. The van der Waals surface area contributed by atoms with Gasteiger partial charge in [-0.05, 0) is 23.1 Å². The second-order valence-corrected chi connectivity index (χ2v) is 5.57. The van der Waals surface area contributed by atoms with Crippen molar-refractivity contribution in [2.24, 2.45) is 5.41 Å². The molecule has 0 radical (unpaired) electrons. The van der Waals surface area contributed by atoms with Crippen molar-refractivity contribution in [1.29, 1.82) is 0 Å². The highest BCUT2D eigenvalue weighted by molar-refractivity contribution is 5.37. The Morgan fingerprint density at radius 1 is 0.850 bits per heavy atom. The molecule has 0 heterocycles. The first-order valence-electron chi connectivity index (χ1n) is 5.71. The molecule has 0 fully saturated rings. The van der Waals surface area contributed by atoms with Crippen LogP contribution in [0, 0.1) is 5.41 Å². The van der Waals surface area contributed by atoms with Crippen LogP contribution in [0.15, 0.2) is 18.2 Å². The second-order valence-electron chi connectivity index (χ2n) is 5.57. The van der Waals surface area contributed by atoms with Crippen LogP contribution >= 0.6 is 0 Å². The van der Waals surface area contributed by atoms with Crippen molar-refractivity contribution < 1.29 is 31.4 Å². The predicted octanol–water partition coefficient (Wildman–Crippen LogP) is 4.80. The first kappa shape index (κ1) is 16.8. The Morgan fingerprint density at radius 3 is 1.65 bits per heavy atom. The van der Waals surface area contributed by atoms with Gasteiger partial charge in [-0.25, -0.2) is 0 Å². The molecule has 1 atom stereocenters. The molecule has 0 aliphatic rings. The lowest BCUT2D eigenvalue weighted by Crippen LogP contribution is -2.21. The largest absolute Gasteiger partial charge is 0.417 e. The van der Waals surface area contributed by atoms with Gasteiger partial charge in [0.1, 0.15) is 0 Å². The van der Waals surface area contributed by atoms with E-state index in [4.69, 9.17) is 0 Å². The van der Waals surface area contributed by atoms with Crippen LogP contribution in [0.3, 0.4) is 0 Å². The van der Waals surface area contributed by atoms with Crippen LogP contribution < -0.4 is 0 Å². The molecule has 7 heteroatoms. The minimum absolute atomic E-state index is 0.196. The summed E-state index contributed by atoms with van der Waals surface area (Å²) in [5.74, 6) is 0. The van der Waals surface area contributed by atoms with E-state index in [1.807, 2.05) is 0 Å². The number of hydrogen-bond donors (Lipinski definition) is 1. The van der Waals surface area contributed by atoms with Crippen LogP contribution in [0.4, 0.5) is 26.3 Å². The maximum absolute atomic E-state index is 12.7. The van der Waals surface area contributed by atoms with Gasteiger partial charge in [0.15, 0.2) is 0 Å². The number of benzene rings is 1. The van der Waals surface area contributed by atoms with Gasteiger partial charge >= 0.3 is 12.4 Å². The quantitative estimate of drug-likeness (QED) is 0.738. The lowest BCUT2D eigenvalue weighted by Gasteiger charge is -2.27. The van der Waals surface area contributed by atoms with Crippen molar-refractivity contribution in [3.63, 3.8) is 0 Å². The summed E-state index contributed by atoms with van der Waals surface area (Å²) in [6.07, 6.45) is -11.5. The molecule has 0 aliphatic heterocycles. The molecule has 0 bridgehead atoms. The Labute approximate surface area is 112 Å². The normalized spacial score (nSPS) is 15.3. The van der Waals surface area contributed by atoms with E-state index in [2.05, 4.69) is 0 Å². The number of hydrogen-bond acceptors (Lipinski definition) is 1. The van der Waals surface area contributed by atoms with Crippen LogP contribution in [0.1, 0.15) is 43.6 Å². The van der Waals surface area contributed by atoms with Crippen molar-refractivity contribution >= 4 is 0 Å². The Kier molecular flexibility index (Phi) is 4.16. The minimum atomic E-state index is -5.14. The molecule has 0 aromatic heterocycles. The fourth-order valence-electron chi connectivity index (χ4n) is 1.71. The van der Waals surface area contributed by atoms with E-state index in [1.165, 1.54) is 0 Å². The first-order valence-corrected chi connectivity index (χ1v) is 5.71. The zero-order valence-electron chi connectivity index (χ0n) is 11.0. The molecule has 1 unspecified atom stereocenters. The zero-order valence-corrected chi connectivity index (χ0v) is 11.0. The van der Waals surface area contributed by atoms with E-state index in [0.29, 0.717) is 12.1 Å². The SMILES string of the molecule is CC(C)(C)C(O)c1ccc(C(F)(F)F)c(C(F)(F)F)c1. The Bertz CT molecular complexity index is 481. The number of aliphatic hydroxyl groups is 1. The lowest BCUT2D eigenvalue weighted by molar-refractivity contribution is -0.162. The maximum atomic E-state index is 12.7. The third-order valence-corrected chi connectivity index (χ3v) is 2.79. The Morgan fingerprint density at radius 2 is 1.30 bits per heavy atom. The summed E-state index contributed by atoms with van der Waals surface area (Å²) in [5, 5.41) is 9.89. The van der Waals surface area contributed by atoms with E-state index in [-0.39, 0.29) is 5.56 Å². The van der Waals surface area contributed by atoms with Gasteiger partial charge in [-0.15, -0.1) is 0 Å². The van der Waals surface area contributed by atoms with Crippen molar-refractivity contribution in [3.05, 3.63) is 34.9 Å². The average molecular weight is 300 g/mol. The van der Waals surface area contributed by atoms with E-state index < -0.39 is 35.0 Å². The maximum Gasteiger partial charge on any atom is 0.417 e. The van der Waals surface area contributed by atoms with Crippen molar-refractivity contribution in [2.75, 3.05) is 0 Å². The van der Waals surface area contributed by atoms with Crippen molar-refractivity contribution in [2.45, 2.75) is 39.2 Å². The average Bonchev–Trinajstić information content (AvgIpc) is 2.23. The van der Waals surface area contributed by atoms with Crippen molar-refractivity contribution in [1.82, 2.24) is 0 Å². The van der Waals surface area contributed by atoms with Gasteiger partial charge < -0.3 is 5.11 Å². The minimum Gasteiger partial charge on any atom is -0.388 e. The number of rotatable bonds is 1. The number of halogens is 6. The topological polar surface area (TPSA) is 20.2 Å². The highest BCUT2D eigenvalue weighted by atomic mass is 19.4. The standard InChI is InChI=1S/C13H14F6O/c1-11(2,3)10(20)7-4-5-8(12(14,15)16)9(6-7)13(17,18)19/h4-6,10,20H,1-3H3. The van der Waals surface area contributed by atoms with Crippen LogP contribution in [0.2, 0.25) is 0 Å². The molecular formula is C13H14F6O. The Hall–Kier alpha value is -1.24. The molecule has 0 amide bonds. The fourth-order valence-corrected chi connectivity index (χ4v) is 1.71. The van der Waals surface area contributed by atoms with Crippen LogP contribution in [-0.4, -0.2) is 5.11 Å². The van der Waals surface area contributed by atoms with Crippen molar-refractivity contribution in [3.8, 4) is 0 Å². The smallest absolute Gasteiger partial charge is 0.388 e. The zero-order chi connectivity index (χ0) is 15.9. The van der Waals surface area contributed by atoms with Crippen LogP contribution in [0.25, 0.3) is 0 Å². The highest BCUT2D eigenvalue weighted by Gasteiger charge is 2.43. The summed E-state index contributed by atoms with van der Waals surface area (Å²) in [7, 11) is 0.